The Balaban J connectivity index is 2.05. The van der Waals surface area contributed by atoms with Gasteiger partial charge in [-0.3, -0.25) is 9.10 Å². The van der Waals surface area contributed by atoms with Crippen molar-refractivity contribution in [2.24, 2.45) is 0 Å². The Hall–Kier alpha value is -3.03. The Morgan fingerprint density at radius 1 is 0.969 bits per heavy atom. The molecule has 0 bridgehead atoms. The van der Waals surface area contributed by atoms with Gasteiger partial charge in [-0.15, -0.1) is 0 Å². The Bertz CT molecular complexity index is 1240. The van der Waals surface area contributed by atoms with Crippen LogP contribution in [0.4, 0.5) is 11.4 Å². The number of rotatable bonds is 7. The summed E-state index contributed by atoms with van der Waals surface area (Å²) in [6, 6.07) is 16.8. The molecule has 0 spiro atoms. The second kappa shape index (κ2) is 9.63. The van der Waals surface area contributed by atoms with Gasteiger partial charge >= 0.3 is 0 Å². The Labute approximate surface area is 193 Å². The van der Waals surface area contributed by atoms with Crippen LogP contribution in [0.15, 0.2) is 65.6 Å². The second-order valence-corrected chi connectivity index (χ2v) is 9.81. The first-order chi connectivity index (χ1) is 15.1. The number of carbonyl (C=O) groups excluding carboxylic acids is 1. The van der Waals surface area contributed by atoms with Gasteiger partial charge in [-0.05, 0) is 68.3 Å². The molecule has 3 rings (SSSR count). The molecule has 3 aromatic rings. The van der Waals surface area contributed by atoms with Gasteiger partial charge in [-0.2, -0.15) is 0 Å². The highest BCUT2D eigenvalue weighted by atomic mass is 35.5. The van der Waals surface area contributed by atoms with Gasteiger partial charge in [0.15, 0.2) is 0 Å². The summed E-state index contributed by atoms with van der Waals surface area (Å²) in [7, 11) is -2.60. The van der Waals surface area contributed by atoms with Crippen molar-refractivity contribution in [2.75, 3.05) is 23.3 Å². The molecule has 0 unspecified atom stereocenters. The minimum atomic E-state index is -4.06. The molecule has 0 saturated carbocycles. The maximum Gasteiger partial charge on any atom is 0.264 e. The highest BCUT2D eigenvalue weighted by Gasteiger charge is 2.29. The maximum absolute atomic E-state index is 13.6. The van der Waals surface area contributed by atoms with Crippen molar-refractivity contribution in [1.82, 2.24) is 0 Å². The van der Waals surface area contributed by atoms with E-state index in [4.69, 9.17) is 16.3 Å². The van der Waals surface area contributed by atoms with Crippen molar-refractivity contribution < 1.29 is 17.9 Å². The SMILES string of the molecule is COc1ccc(C)cc1N(CC(=O)Nc1cc(Cl)ccc1C)S(=O)(=O)c1ccc(C)cc1. The third-order valence-electron chi connectivity index (χ3n) is 4.97. The summed E-state index contributed by atoms with van der Waals surface area (Å²) in [5.41, 5.74) is 3.37. The first-order valence-corrected chi connectivity index (χ1v) is 11.7. The molecule has 3 aromatic carbocycles. The van der Waals surface area contributed by atoms with Gasteiger partial charge in [0, 0.05) is 10.7 Å². The fraction of sp³-hybridized carbons (Fsp3) is 0.208. The van der Waals surface area contributed by atoms with Crippen LogP contribution in [0.3, 0.4) is 0 Å². The summed E-state index contributed by atoms with van der Waals surface area (Å²) in [5.74, 6) is -0.160. The Morgan fingerprint density at radius 2 is 1.62 bits per heavy atom. The Kier molecular flexibility index (Phi) is 7.11. The van der Waals surface area contributed by atoms with Gasteiger partial charge in [0.25, 0.3) is 10.0 Å². The number of nitrogens with one attached hydrogen (secondary N) is 1. The number of nitrogens with zero attached hydrogens (tertiary/aromatic N) is 1. The van der Waals surface area contributed by atoms with E-state index in [0.29, 0.717) is 16.5 Å². The normalized spacial score (nSPS) is 11.2. The molecule has 0 saturated heterocycles. The number of anilines is 2. The number of ether oxygens (including phenoxy) is 1. The summed E-state index contributed by atoms with van der Waals surface area (Å²) in [6.07, 6.45) is 0. The number of amides is 1. The molecule has 0 aromatic heterocycles. The zero-order valence-electron chi connectivity index (χ0n) is 18.3. The average Bonchev–Trinajstić information content (AvgIpc) is 2.75. The molecule has 6 nitrogen and oxygen atoms in total. The fourth-order valence-electron chi connectivity index (χ4n) is 3.18. The van der Waals surface area contributed by atoms with Crippen LogP contribution in [0.5, 0.6) is 5.75 Å². The van der Waals surface area contributed by atoms with E-state index in [0.717, 1.165) is 21.0 Å². The van der Waals surface area contributed by atoms with Gasteiger partial charge in [-0.25, -0.2) is 8.42 Å². The number of hydrogen-bond acceptors (Lipinski definition) is 4. The highest BCUT2D eigenvalue weighted by Crippen LogP contribution is 2.33. The van der Waals surface area contributed by atoms with E-state index < -0.39 is 22.5 Å². The first-order valence-electron chi connectivity index (χ1n) is 9.92. The number of benzene rings is 3. The summed E-state index contributed by atoms with van der Waals surface area (Å²) >= 11 is 6.05. The lowest BCUT2D eigenvalue weighted by molar-refractivity contribution is -0.114. The molecule has 0 aliphatic heterocycles. The molecule has 0 heterocycles. The summed E-state index contributed by atoms with van der Waals surface area (Å²) in [6.45, 7) is 5.10. The number of methoxy groups -OCH3 is 1. The molecule has 1 amide bonds. The lowest BCUT2D eigenvalue weighted by Gasteiger charge is -2.26. The maximum atomic E-state index is 13.6. The van der Waals surface area contributed by atoms with Crippen LogP contribution < -0.4 is 14.4 Å². The number of aryl methyl sites for hydroxylation is 3. The molecule has 168 valence electrons. The lowest BCUT2D eigenvalue weighted by Crippen LogP contribution is -2.38. The van der Waals surface area contributed by atoms with Crippen molar-refractivity contribution >= 4 is 38.9 Å². The third kappa shape index (κ3) is 5.23. The van der Waals surface area contributed by atoms with Crippen LogP contribution in [0.1, 0.15) is 16.7 Å². The average molecular weight is 473 g/mol. The van der Waals surface area contributed by atoms with E-state index in [1.54, 1.807) is 42.5 Å². The Morgan fingerprint density at radius 3 is 2.28 bits per heavy atom. The number of carbonyl (C=O) groups is 1. The van der Waals surface area contributed by atoms with E-state index in [1.165, 1.54) is 19.2 Å². The summed E-state index contributed by atoms with van der Waals surface area (Å²) < 4.78 is 33.7. The minimum absolute atomic E-state index is 0.0818. The molecule has 0 aliphatic rings. The van der Waals surface area contributed by atoms with Crippen LogP contribution in [-0.4, -0.2) is 28.0 Å². The van der Waals surface area contributed by atoms with Crippen molar-refractivity contribution in [3.63, 3.8) is 0 Å². The van der Waals surface area contributed by atoms with Crippen LogP contribution in [0, 0.1) is 20.8 Å². The van der Waals surface area contributed by atoms with Gasteiger partial charge in [-0.1, -0.05) is 41.4 Å². The lowest BCUT2D eigenvalue weighted by atomic mass is 10.2. The van der Waals surface area contributed by atoms with Crippen LogP contribution in [-0.2, 0) is 14.8 Å². The number of halogens is 1. The summed E-state index contributed by atoms with van der Waals surface area (Å²) in [4.78, 5) is 13.1. The molecule has 0 radical (unpaired) electrons. The zero-order chi connectivity index (χ0) is 23.5. The molecule has 32 heavy (non-hydrogen) atoms. The van der Waals surface area contributed by atoms with E-state index >= 15 is 0 Å². The molecule has 0 fully saturated rings. The van der Waals surface area contributed by atoms with Gasteiger partial charge in [0.2, 0.25) is 5.91 Å². The molecule has 0 atom stereocenters. The number of sulfonamides is 1. The predicted molar refractivity (Wildman–Crippen MR) is 128 cm³/mol. The van der Waals surface area contributed by atoms with Crippen molar-refractivity contribution in [3.8, 4) is 5.75 Å². The molecule has 0 aliphatic carbocycles. The van der Waals surface area contributed by atoms with Crippen LogP contribution >= 0.6 is 11.6 Å². The largest absolute Gasteiger partial charge is 0.495 e. The highest BCUT2D eigenvalue weighted by molar-refractivity contribution is 7.92. The van der Waals surface area contributed by atoms with Crippen molar-refractivity contribution in [2.45, 2.75) is 25.7 Å². The first kappa shape index (κ1) is 23.6. The molecular weight excluding hydrogens is 448 g/mol. The topological polar surface area (TPSA) is 75.7 Å². The van der Waals surface area contributed by atoms with Crippen molar-refractivity contribution in [1.29, 1.82) is 0 Å². The van der Waals surface area contributed by atoms with Crippen LogP contribution in [0.25, 0.3) is 0 Å². The predicted octanol–water partition coefficient (Wildman–Crippen LogP) is 5.11. The van der Waals surface area contributed by atoms with Gasteiger partial charge < -0.3 is 10.1 Å². The number of hydrogen-bond donors (Lipinski definition) is 1. The van der Waals surface area contributed by atoms with E-state index in [2.05, 4.69) is 5.32 Å². The fourth-order valence-corrected chi connectivity index (χ4v) is 4.78. The van der Waals surface area contributed by atoms with Crippen molar-refractivity contribution in [3.05, 3.63) is 82.4 Å². The standard InChI is InChI=1S/C24H25ClN2O4S/c1-16-5-10-20(11-6-16)32(29,30)27(22-13-17(2)7-12-23(22)31-4)15-24(28)26-21-14-19(25)9-8-18(21)3/h5-14H,15H2,1-4H3,(H,26,28). The quantitative estimate of drug-likeness (QED) is 0.518. The molecular formula is C24H25ClN2O4S. The molecule has 8 heteroatoms. The minimum Gasteiger partial charge on any atom is -0.495 e. The smallest absolute Gasteiger partial charge is 0.264 e. The monoisotopic (exact) mass is 472 g/mol. The van der Waals surface area contributed by atoms with Crippen LogP contribution in [0.2, 0.25) is 5.02 Å². The third-order valence-corrected chi connectivity index (χ3v) is 6.98. The van der Waals surface area contributed by atoms with E-state index in [1.807, 2.05) is 26.8 Å². The zero-order valence-corrected chi connectivity index (χ0v) is 19.9. The summed E-state index contributed by atoms with van der Waals surface area (Å²) in [5, 5.41) is 3.23. The second-order valence-electron chi connectivity index (χ2n) is 7.51. The van der Waals surface area contributed by atoms with E-state index in [9.17, 15) is 13.2 Å². The van der Waals surface area contributed by atoms with E-state index in [-0.39, 0.29) is 10.6 Å². The van der Waals surface area contributed by atoms with Gasteiger partial charge in [0.1, 0.15) is 12.3 Å². The molecule has 1 N–H and O–H groups in total. The van der Waals surface area contributed by atoms with Gasteiger partial charge in [0.05, 0.1) is 17.7 Å².